The molecule has 0 aromatic heterocycles. The van der Waals surface area contributed by atoms with Crippen molar-refractivity contribution in [1.82, 2.24) is 0 Å². The minimum atomic E-state index is -1.17. The number of hydrazine groups is 1. The third-order valence-corrected chi connectivity index (χ3v) is 2.02. The van der Waals surface area contributed by atoms with E-state index in [1.165, 1.54) is 12.1 Å². The topological polar surface area (TPSA) is 75.3 Å². The Bertz CT molecular complexity index is 334. The van der Waals surface area contributed by atoms with Crippen LogP contribution >= 0.6 is 35.6 Å². The van der Waals surface area contributed by atoms with Crippen LogP contribution in [0.15, 0.2) is 12.1 Å². The van der Waals surface area contributed by atoms with Gasteiger partial charge in [-0.3, -0.25) is 5.84 Å². The van der Waals surface area contributed by atoms with E-state index in [0.29, 0.717) is 5.69 Å². The van der Waals surface area contributed by atoms with Gasteiger partial charge in [-0.1, -0.05) is 23.2 Å². The largest absolute Gasteiger partial charge is 0.478 e. The highest BCUT2D eigenvalue weighted by Gasteiger charge is 2.14. The molecular formula is C7H7Cl3N2O2. The first-order chi connectivity index (χ1) is 6.06. The molecule has 1 aromatic rings. The first-order valence-corrected chi connectivity index (χ1v) is 4.01. The van der Waals surface area contributed by atoms with Gasteiger partial charge in [0.15, 0.2) is 0 Å². The number of rotatable bonds is 2. The second-order valence-electron chi connectivity index (χ2n) is 2.26. The Labute approximate surface area is 96.4 Å². The number of carbonyl (C=O) groups is 1. The molecule has 14 heavy (non-hydrogen) atoms. The number of carboxylic acids is 1. The van der Waals surface area contributed by atoms with Crippen molar-refractivity contribution in [3.63, 3.8) is 0 Å². The number of hydrogen-bond donors (Lipinski definition) is 3. The zero-order valence-corrected chi connectivity index (χ0v) is 9.08. The first kappa shape index (κ1) is 13.3. The standard InChI is InChI=1S/C7H6Cl2N2O2.ClH/c8-4-1-3(11-10)2-5(9)6(4)7(12)13;/h1-2,11H,10H2,(H,12,13);1H. The monoisotopic (exact) mass is 256 g/mol. The number of nitrogens with one attached hydrogen (secondary N) is 1. The first-order valence-electron chi connectivity index (χ1n) is 3.25. The number of carboxylic acid groups (broad SMARTS) is 1. The van der Waals surface area contributed by atoms with Crippen LogP contribution in [-0.2, 0) is 0 Å². The van der Waals surface area contributed by atoms with Crippen LogP contribution < -0.4 is 11.3 Å². The molecule has 4 N–H and O–H groups in total. The van der Waals surface area contributed by atoms with Crippen molar-refractivity contribution in [2.45, 2.75) is 0 Å². The smallest absolute Gasteiger partial charge is 0.338 e. The van der Waals surface area contributed by atoms with Crippen molar-refractivity contribution < 1.29 is 9.90 Å². The Kier molecular flexibility index (Phi) is 5.01. The number of hydrogen-bond acceptors (Lipinski definition) is 3. The lowest BCUT2D eigenvalue weighted by Gasteiger charge is -2.05. The summed E-state index contributed by atoms with van der Waals surface area (Å²) in [5.74, 6) is 3.93. The van der Waals surface area contributed by atoms with E-state index in [0.717, 1.165) is 0 Å². The summed E-state index contributed by atoms with van der Waals surface area (Å²) in [4.78, 5) is 10.6. The maximum atomic E-state index is 10.6. The molecule has 1 rings (SSSR count). The van der Waals surface area contributed by atoms with Crippen LogP contribution in [0.25, 0.3) is 0 Å². The average Bonchev–Trinajstić information content (AvgIpc) is 2.02. The van der Waals surface area contributed by atoms with E-state index in [2.05, 4.69) is 5.43 Å². The van der Waals surface area contributed by atoms with Gasteiger partial charge in [0.2, 0.25) is 0 Å². The fourth-order valence-electron chi connectivity index (χ4n) is 0.861. The van der Waals surface area contributed by atoms with Crippen molar-refractivity contribution in [2.24, 2.45) is 5.84 Å². The van der Waals surface area contributed by atoms with E-state index in [4.69, 9.17) is 34.2 Å². The Morgan fingerprint density at radius 2 is 1.79 bits per heavy atom. The van der Waals surface area contributed by atoms with Gasteiger partial charge in [-0.2, -0.15) is 0 Å². The van der Waals surface area contributed by atoms with Gasteiger partial charge in [0.1, 0.15) is 0 Å². The third-order valence-electron chi connectivity index (χ3n) is 1.42. The lowest BCUT2D eigenvalue weighted by atomic mass is 10.2. The van der Waals surface area contributed by atoms with Gasteiger partial charge in [-0.25, -0.2) is 4.79 Å². The summed E-state index contributed by atoms with van der Waals surface area (Å²) in [6, 6.07) is 2.77. The lowest BCUT2D eigenvalue weighted by molar-refractivity contribution is 0.0697. The quantitative estimate of drug-likeness (QED) is 0.562. The highest BCUT2D eigenvalue weighted by atomic mass is 35.5. The number of nitrogens with two attached hydrogens (primary N) is 1. The highest BCUT2D eigenvalue weighted by Crippen LogP contribution is 2.28. The van der Waals surface area contributed by atoms with Crippen molar-refractivity contribution in [1.29, 1.82) is 0 Å². The summed E-state index contributed by atoms with van der Waals surface area (Å²) in [5.41, 5.74) is 2.65. The van der Waals surface area contributed by atoms with Crippen LogP contribution in [0.2, 0.25) is 10.0 Å². The molecule has 0 heterocycles. The molecule has 0 atom stereocenters. The Balaban J connectivity index is 0.00000169. The van der Waals surface area contributed by atoms with E-state index in [-0.39, 0.29) is 28.0 Å². The number of halogens is 3. The second kappa shape index (κ2) is 5.26. The highest BCUT2D eigenvalue weighted by molar-refractivity contribution is 6.39. The summed E-state index contributed by atoms with van der Waals surface area (Å²) >= 11 is 11.3. The molecule has 0 aliphatic carbocycles. The fraction of sp³-hybridized carbons (Fsp3) is 0. The van der Waals surface area contributed by atoms with Gasteiger partial charge < -0.3 is 10.5 Å². The fourth-order valence-corrected chi connectivity index (χ4v) is 1.51. The van der Waals surface area contributed by atoms with Gasteiger partial charge in [-0.15, -0.1) is 12.4 Å². The third kappa shape index (κ3) is 2.65. The van der Waals surface area contributed by atoms with E-state index in [1.807, 2.05) is 0 Å². The molecule has 0 saturated carbocycles. The Morgan fingerprint density at radius 1 is 1.36 bits per heavy atom. The SMILES string of the molecule is Cl.NNc1cc(Cl)c(C(=O)O)c(Cl)c1. The molecule has 7 heteroatoms. The summed E-state index contributed by atoms with van der Waals surface area (Å²) in [5, 5.41) is 8.79. The van der Waals surface area contributed by atoms with E-state index in [1.54, 1.807) is 0 Å². The molecule has 78 valence electrons. The maximum absolute atomic E-state index is 10.6. The second-order valence-corrected chi connectivity index (χ2v) is 3.08. The molecule has 4 nitrogen and oxygen atoms in total. The summed E-state index contributed by atoms with van der Waals surface area (Å²) in [6.45, 7) is 0. The van der Waals surface area contributed by atoms with E-state index < -0.39 is 5.97 Å². The molecule has 0 saturated heterocycles. The number of benzene rings is 1. The van der Waals surface area contributed by atoms with Crippen LogP contribution in [0, 0.1) is 0 Å². The van der Waals surface area contributed by atoms with Crippen LogP contribution in [0.3, 0.4) is 0 Å². The van der Waals surface area contributed by atoms with Crippen molar-refractivity contribution in [3.05, 3.63) is 27.7 Å². The lowest BCUT2D eigenvalue weighted by Crippen LogP contribution is -2.08. The van der Waals surface area contributed by atoms with Gasteiger partial charge >= 0.3 is 5.97 Å². The van der Waals surface area contributed by atoms with Crippen molar-refractivity contribution in [3.8, 4) is 0 Å². The van der Waals surface area contributed by atoms with Crippen LogP contribution in [0.1, 0.15) is 10.4 Å². The summed E-state index contributed by atoms with van der Waals surface area (Å²) in [6.07, 6.45) is 0. The number of aromatic carboxylic acids is 1. The molecule has 0 aliphatic rings. The molecule has 0 unspecified atom stereocenters. The Hall–Kier alpha value is -0.680. The van der Waals surface area contributed by atoms with Crippen LogP contribution in [0.4, 0.5) is 5.69 Å². The predicted octanol–water partition coefficient (Wildman–Crippen LogP) is 2.40. The maximum Gasteiger partial charge on any atom is 0.338 e. The number of anilines is 1. The molecule has 0 amide bonds. The zero-order valence-electron chi connectivity index (χ0n) is 6.75. The van der Waals surface area contributed by atoms with E-state index >= 15 is 0 Å². The molecule has 0 aliphatic heterocycles. The van der Waals surface area contributed by atoms with Gasteiger partial charge in [0, 0.05) is 0 Å². The molecule has 0 radical (unpaired) electrons. The normalized spacial score (nSPS) is 9.07. The van der Waals surface area contributed by atoms with Gasteiger partial charge in [0.25, 0.3) is 0 Å². The summed E-state index contributed by atoms with van der Waals surface area (Å²) in [7, 11) is 0. The van der Waals surface area contributed by atoms with Crippen LogP contribution in [0.5, 0.6) is 0 Å². The zero-order chi connectivity index (χ0) is 10.0. The van der Waals surface area contributed by atoms with E-state index in [9.17, 15) is 4.79 Å². The van der Waals surface area contributed by atoms with Crippen LogP contribution in [-0.4, -0.2) is 11.1 Å². The van der Waals surface area contributed by atoms with Crippen molar-refractivity contribution >= 4 is 47.3 Å². The molecule has 0 fully saturated rings. The molecule has 1 aromatic carbocycles. The molecular weight excluding hydrogens is 250 g/mol. The van der Waals surface area contributed by atoms with Gasteiger partial charge in [0.05, 0.1) is 21.3 Å². The predicted molar refractivity (Wildman–Crippen MR) is 58.5 cm³/mol. The Morgan fingerprint density at radius 3 is 2.07 bits per heavy atom. The minimum Gasteiger partial charge on any atom is -0.478 e. The molecule has 0 bridgehead atoms. The van der Waals surface area contributed by atoms with Gasteiger partial charge in [-0.05, 0) is 12.1 Å². The number of nitrogen functional groups attached to an aromatic ring is 1. The average molecular weight is 258 g/mol. The minimum absolute atomic E-state index is 0. The molecule has 0 spiro atoms. The summed E-state index contributed by atoms with van der Waals surface area (Å²) < 4.78 is 0. The van der Waals surface area contributed by atoms with Crippen molar-refractivity contribution in [2.75, 3.05) is 5.43 Å².